The minimum Gasteiger partial charge on any atom is -0.495 e. The minimum absolute atomic E-state index is 0.247. The van der Waals surface area contributed by atoms with Crippen LogP contribution in [0.5, 0.6) is 5.75 Å². The number of amides is 1. The number of hydrogen-bond acceptors (Lipinski definition) is 8. The Hall–Kier alpha value is -3.96. The first kappa shape index (κ1) is 25.7. The number of rotatable bonds is 8. The van der Waals surface area contributed by atoms with E-state index in [-0.39, 0.29) is 10.6 Å². The Morgan fingerprint density at radius 3 is 2.31 bits per heavy atom. The van der Waals surface area contributed by atoms with Gasteiger partial charge in [0, 0.05) is 23.6 Å². The summed E-state index contributed by atoms with van der Waals surface area (Å²) < 4.78 is 34.2. The van der Waals surface area contributed by atoms with Gasteiger partial charge in [-0.15, -0.1) is 0 Å². The standard InChI is InChI=1S/C23H19ClN2O8S/c1-33-19-10-9-16(13-17(19)24)25-22(27)21(14-6-4-3-5-7-14)34-23(28)15-8-11-20(35(2,31)32)18(12-15)26(29)30/h3-13,21H,1-2H3,(H,25,27)/t21-/m0/s1. The molecule has 0 unspecified atom stereocenters. The number of nitro benzene ring substituents is 1. The van der Waals surface area contributed by atoms with Gasteiger partial charge in [-0.3, -0.25) is 14.9 Å². The van der Waals surface area contributed by atoms with Gasteiger partial charge in [0.15, 0.2) is 9.84 Å². The number of hydrogen-bond donors (Lipinski definition) is 1. The second kappa shape index (κ2) is 10.5. The second-order valence-corrected chi connectivity index (χ2v) is 9.64. The van der Waals surface area contributed by atoms with E-state index in [1.807, 2.05) is 0 Å². The van der Waals surface area contributed by atoms with Gasteiger partial charge in [-0.1, -0.05) is 41.9 Å². The lowest BCUT2D eigenvalue weighted by atomic mass is 10.1. The van der Waals surface area contributed by atoms with Crippen molar-refractivity contribution in [3.8, 4) is 5.75 Å². The van der Waals surface area contributed by atoms with Gasteiger partial charge in [0.2, 0.25) is 6.10 Å². The molecule has 0 aromatic heterocycles. The van der Waals surface area contributed by atoms with Crippen LogP contribution in [0.2, 0.25) is 5.02 Å². The number of nitrogens with one attached hydrogen (secondary N) is 1. The summed E-state index contributed by atoms with van der Waals surface area (Å²) in [6.07, 6.45) is -0.618. The normalized spacial score (nSPS) is 11.9. The summed E-state index contributed by atoms with van der Waals surface area (Å²) in [7, 11) is -2.48. The molecule has 10 nitrogen and oxygen atoms in total. The maximum absolute atomic E-state index is 13.1. The number of methoxy groups -OCH3 is 1. The molecule has 0 aliphatic carbocycles. The molecule has 0 radical (unpaired) electrons. The molecule has 0 saturated carbocycles. The first-order valence-electron chi connectivity index (χ1n) is 9.90. The van der Waals surface area contributed by atoms with Crippen molar-refractivity contribution in [2.24, 2.45) is 0 Å². The molecule has 1 N–H and O–H groups in total. The number of esters is 1. The Morgan fingerprint density at radius 1 is 1.06 bits per heavy atom. The van der Waals surface area contributed by atoms with Crippen LogP contribution in [0.3, 0.4) is 0 Å². The number of ether oxygens (including phenoxy) is 2. The van der Waals surface area contributed by atoms with Crippen LogP contribution in [0, 0.1) is 10.1 Å². The van der Waals surface area contributed by atoms with Gasteiger partial charge in [-0.05, 0) is 30.3 Å². The largest absolute Gasteiger partial charge is 0.495 e. The van der Waals surface area contributed by atoms with Crippen LogP contribution in [-0.4, -0.2) is 38.6 Å². The number of carbonyl (C=O) groups is 2. The molecule has 0 spiro atoms. The Labute approximate surface area is 205 Å². The lowest BCUT2D eigenvalue weighted by Crippen LogP contribution is -2.26. The predicted octanol–water partition coefficient (Wildman–Crippen LogP) is 4.20. The number of carbonyl (C=O) groups excluding carboxylic acids is 2. The van der Waals surface area contributed by atoms with E-state index in [1.54, 1.807) is 42.5 Å². The molecule has 0 bridgehead atoms. The maximum Gasteiger partial charge on any atom is 0.339 e. The topological polar surface area (TPSA) is 142 Å². The lowest BCUT2D eigenvalue weighted by Gasteiger charge is -2.18. The van der Waals surface area contributed by atoms with E-state index in [1.165, 1.54) is 13.2 Å². The predicted molar refractivity (Wildman–Crippen MR) is 127 cm³/mol. The number of anilines is 1. The molecular formula is C23H19ClN2O8S. The van der Waals surface area contributed by atoms with E-state index in [4.69, 9.17) is 21.1 Å². The summed E-state index contributed by atoms with van der Waals surface area (Å²) in [5, 5.41) is 14.2. The number of halogens is 1. The number of nitro groups is 1. The molecular weight excluding hydrogens is 500 g/mol. The van der Waals surface area contributed by atoms with Crippen LogP contribution in [0.25, 0.3) is 0 Å². The van der Waals surface area contributed by atoms with E-state index in [0.717, 1.165) is 24.5 Å². The van der Waals surface area contributed by atoms with Crippen molar-refractivity contribution in [1.29, 1.82) is 0 Å². The number of benzene rings is 3. The van der Waals surface area contributed by atoms with Crippen molar-refractivity contribution in [2.75, 3.05) is 18.7 Å². The highest BCUT2D eigenvalue weighted by molar-refractivity contribution is 7.90. The number of nitrogens with zero attached hydrogens (tertiary/aromatic N) is 1. The fourth-order valence-electron chi connectivity index (χ4n) is 3.13. The minimum atomic E-state index is -3.92. The summed E-state index contributed by atoms with van der Waals surface area (Å²) in [4.78, 5) is 35.8. The molecule has 0 fully saturated rings. The van der Waals surface area contributed by atoms with E-state index in [2.05, 4.69) is 5.32 Å². The highest BCUT2D eigenvalue weighted by Gasteiger charge is 2.29. The van der Waals surface area contributed by atoms with E-state index >= 15 is 0 Å². The van der Waals surface area contributed by atoms with Crippen LogP contribution in [0.1, 0.15) is 22.0 Å². The van der Waals surface area contributed by atoms with Gasteiger partial charge < -0.3 is 14.8 Å². The van der Waals surface area contributed by atoms with E-state index in [0.29, 0.717) is 17.0 Å². The average Bonchev–Trinajstić information content (AvgIpc) is 2.82. The second-order valence-electron chi connectivity index (χ2n) is 7.25. The van der Waals surface area contributed by atoms with Crippen LogP contribution in [0.15, 0.2) is 71.6 Å². The Kier molecular flexibility index (Phi) is 7.72. The first-order chi connectivity index (χ1) is 16.5. The molecule has 0 aliphatic rings. The maximum atomic E-state index is 13.1. The van der Waals surface area contributed by atoms with Crippen molar-refractivity contribution >= 4 is 44.7 Å². The van der Waals surface area contributed by atoms with Crippen LogP contribution in [0.4, 0.5) is 11.4 Å². The highest BCUT2D eigenvalue weighted by Crippen LogP contribution is 2.30. The summed E-state index contributed by atoms with van der Waals surface area (Å²) in [6.45, 7) is 0. The zero-order valence-corrected chi connectivity index (χ0v) is 20.0. The van der Waals surface area contributed by atoms with Crippen molar-refractivity contribution < 1.29 is 32.4 Å². The molecule has 0 saturated heterocycles. The third-order valence-electron chi connectivity index (χ3n) is 4.78. The zero-order chi connectivity index (χ0) is 25.8. The molecule has 3 aromatic rings. The van der Waals surface area contributed by atoms with Gasteiger partial charge in [0.25, 0.3) is 11.6 Å². The summed E-state index contributed by atoms with van der Waals surface area (Å²) >= 11 is 6.10. The molecule has 0 aliphatic heterocycles. The van der Waals surface area contributed by atoms with Crippen LogP contribution < -0.4 is 10.1 Å². The molecule has 3 aromatic carbocycles. The smallest absolute Gasteiger partial charge is 0.339 e. The van der Waals surface area contributed by atoms with Gasteiger partial charge >= 0.3 is 5.97 Å². The van der Waals surface area contributed by atoms with Gasteiger partial charge in [0.05, 0.1) is 22.6 Å². The van der Waals surface area contributed by atoms with E-state index < -0.39 is 43.3 Å². The third kappa shape index (κ3) is 6.14. The molecule has 182 valence electrons. The van der Waals surface area contributed by atoms with Gasteiger partial charge in [0.1, 0.15) is 10.6 Å². The van der Waals surface area contributed by atoms with Crippen molar-refractivity contribution in [1.82, 2.24) is 0 Å². The number of sulfone groups is 1. The summed E-state index contributed by atoms with van der Waals surface area (Å²) in [5.41, 5.74) is -0.438. The Bertz CT molecular complexity index is 1390. The molecule has 1 amide bonds. The Morgan fingerprint density at radius 2 is 1.74 bits per heavy atom. The third-order valence-corrected chi connectivity index (χ3v) is 6.22. The molecule has 0 heterocycles. The quantitative estimate of drug-likeness (QED) is 0.265. The van der Waals surface area contributed by atoms with Gasteiger partial charge in [-0.25, -0.2) is 13.2 Å². The molecule has 3 rings (SSSR count). The van der Waals surface area contributed by atoms with Crippen molar-refractivity contribution in [2.45, 2.75) is 11.0 Å². The van der Waals surface area contributed by atoms with Crippen molar-refractivity contribution in [3.05, 3.63) is 93.0 Å². The monoisotopic (exact) mass is 518 g/mol. The fraction of sp³-hybridized carbons (Fsp3) is 0.130. The highest BCUT2D eigenvalue weighted by atomic mass is 35.5. The van der Waals surface area contributed by atoms with Crippen molar-refractivity contribution in [3.63, 3.8) is 0 Å². The average molecular weight is 519 g/mol. The lowest BCUT2D eigenvalue weighted by molar-refractivity contribution is -0.387. The van der Waals surface area contributed by atoms with Gasteiger partial charge in [-0.2, -0.15) is 0 Å². The van der Waals surface area contributed by atoms with E-state index in [9.17, 15) is 28.1 Å². The van der Waals surface area contributed by atoms with Crippen LogP contribution >= 0.6 is 11.6 Å². The molecule has 1 atom stereocenters. The molecule has 12 heteroatoms. The molecule has 35 heavy (non-hydrogen) atoms. The first-order valence-corrected chi connectivity index (χ1v) is 12.2. The summed E-state index contributed by atoms with van der Waals surface area (Å²) in [6, 6.07) is 15.5. The van der Waals surface area contributed by atoms with Crippen LogP contribution in [-0.2, 0) is 19.4 Å². The zero-order valence-electron chi connectivity index (χ0n) is 18.4. The SMILES string of the molecule is COc1ccc(NC(=O)[C@@H](OC(=O)c2ccc(S(C)(=O)=O)c([N+](=O)[O-])c2)c2ccccc2)cc1Cl. The Balaban J connectivity index is 1.92. The fourth-order valence-corrected chi connectivity index (χ4v) is 4.21. The summed E-state index contributed by atoms with van der Waals surface area (Å²) in [5.74, 6) is -1.38.